The van der Waals surface area contributed by atoms with Gasteiger partial charge < -0.3 is 4.57 Å². The zero-order chi connectivity index (χ0) is 7.40. The number of hydrogen-bond acceptors (Lipinski definition) is 1. The number of nitrogens with zero attached hydrogens (tertiary/aromatic N) is 1. The third-order valence-electron chi connectivity index (χ3n) is 1.17. The summed E-state index contributed by atoms with van der Waals surface area (Å²) in [6, 6.07) is 5.80. The molecule has 1 rings (SSSR count). The van der Waals surface area contributed by atoms with Crippen LogP contribution in [0.3, 0.4) is 0 Å². The van der Waals surface area contributed by atoms with E-state index in [4.69, 9.17) is 0 Å². The van der Waals surface area contributed by atoms with Crippen molar-refractivity contribution >= 4 is 0 Å². The van der Waals surface area contributed by atoms with Gasteiger partial charge in [-0.25, -0.2) is 0 Å². The molecule has 0 atom stereocenters. The molecule has 1 radical (unpaired) electrons. The molecule has 1 heterocycles. The quantitative estimate of drug-likeness (QED) is 0.549. The zero-order valence-electron chi connectivity index (χ0n) is 5.58. The van der Waals surface area contributed by atoms with E-state index >= 15 is 0 Å². The van der Waals surface area contributed by atoms with Gasteiger partial charge in [0.1, 0.15) is 0 Å². The van der Waals surface area contributed by atoms with Crippen LogP contribution in [0.2, 0.25) is 0 Å². The summed E-state index contributed by atoms with van der Waals surface area (Å²) in [4.78, 5) is 10.9. The van der Waals surface area contributed by atoms with Crippen molar-refractivity contribution in [3.05, 3.63) is 47.4 Å². The molecule has 0 aliphatic carbocycles. The standard InChI is InChI=1S/C8H8NO/c1-2-6-9-7-4-3-5-8(9)10/h2,4-5,7H,1,6H2. The fourth-order valence-electron chi connectivity index (χ4n) is 0.699. The first-order valence-electron chi connectivity index (χ1n) is 3.02. The van der Waals surface area contributed by atoms with E-state index in [1.165, 1.54) is 6.07 Å². The molecule has 0 fully saturated rings. The predicted molar refractivity (Wildman–Crippen MR) is 39.7 cm³/mol. The van der Waals surface area contributed by atoms with Crippen molar-refractivity contribution in [3.63, 3.8) is 0 Å². The van der Waals surface area contributed by atoms with E-state index in [1.54, 1.807) is 22.9 Å². The molecule has 10 heavy (non-hydrogen) atoms. The first-order chi connectivity index (χ1) is 4.84. The van der Waals surface area contributed by atoms with Crippen molar-refractivity contribution in [2.75, 3.05) is 0 Å². The van der Waals surface area contributed by atoms with Gasteiger partial charge in [-0.2, -0.15) is 0 Å². The molecule has 51 valence electrons. The largest absolute Gasteiger partial charge is 0.312 e. The van der Waals surface area contributed by atoms with Gasteiger partial charge in [-0.3, -0.25) is 4.79 Å². The molecule has 0 aromatic carbocycles. The molecular formula is C8H8NO. The fourth-order valence-corrected chi connectivity index (χ4v) is 0.699. The Morgan fingerprint density at radius 1 is 1.80 bits per heavy atom. The van der Waals surface area contributed by atoms with E-state index in [0.29, 0.717) is 6.54 Å². The first kappa shape index (κ1) is 6.81. The Morgan fingerprint density at radius 3 is 3.20 bits per heavy atom. The predicted octanol–water partition coefficient (Wildman–Crippen LogP) is 0.834. The van der Waals surface area contributed by atoms with Gasteiger partial charge in [0.15, 0.2) is 0 Å². The monoisotopic (exact) mass is 134 g/mol. The maximum absolute atomic E-state index is 10.9. The van der Waals surface area contributed by atoms with Crippen molar-refractivity contribution in [3.8, 4) is 0 Å². The second-order valence-electron chi connectivity index (χ2n) is 1.91. The van der Waals surface area contributed by atoms with Crippen LogP contribution in [0, 0.1) is 6.07 Å². The van der Waals surface area contributed by atoms with Gasteiger partial charge in [0, 0.05) is 18.8 Å². The zero-order valence-corrected chi connectivity index (χ0v) is 5.58. The van der Waals surface area contributed by atoms with Crippen LogP contribution in [0.25, 0.3) is 0 Å². The molecule has 0 aliphatic rings. The lowest BCUT2D eigenvalue weighted by Gasteiger charge is -1.96. The van der Waals surface area contributed by atoms with E-state index < -0.39 is 0 Å². The Labute approximate surface area is 59.4 Å². The summed E-state index contributed by atoms with van der Waals surface area (Å²) in [5.74, 6) is 0. The van der Waals surface area contributed by atoms with Gasteiger partial charge in [0.2, 0.25) is 0 Å². The molecule has 0 spiro atoms. The number of hydrogen-bond donors (Lipinski definition) is 0. The van der Waals surface area contributed by atoms with Crippen molar-refractivity contribution in [1.29, 1.82) is 0 Å². The van der Waals surface area contributed by atoms with Crippen LogP contribution in [-0.4, -0.2) is 4.57 Å². The Hall–Kier alpha value is -1.31. The maximum Gasteiger partial charge on any atom is 0.251 e. The minimum atomic E-state index is -0.0394. The molecule has 0 bridgehead atoms. The van der Waals surface area contributed by atoms with Crippen LogP contribution in [0.5, 0.6) is 0 Å². The average Bonchev–Trinajstić information content (AvgIpc) is 1.94. The number of pyridine rings is 1. The summed E-state index contributed by atoms with van der Waals surface area (Å²) in [5.41, 5.74) is -0.0394. The van der Waals surface area contributed by atoms with E-state index in [0.717, 1.165) is 0 Å². The average molecular weight is 134 g/mol. The van der Waals surface area contributed by atoms with Crippen molar-refractivity contribution < 1.29 is 0 Å². The lowest BCUT2D eigenvalue weighted by atomic mass is 10.4. The normalized spacial score (nSPS) is 9.20. The molecule has 0 unspecified atom stereocenters. The van der Waals surface area contributed by atoms with Crippen molar-refractivity contribution in [1.82, 2.24) is 4.57 Å². The minimum Gasteiger partial charge on any atom is -0.312 e. The number of allylic oxidation sites excluding steroid dienone is 1. The smallest absolute Gasteiger partial charge is 0.251 e. The van der Waals surface area contributed by atoms with Crippen LogP contribution in [0.15, 0.2) is 35.8 Å². The SMILES string of the molecule is C=CCn1cc[c]cc1=O. The van der Waals surface area contributed by atoms with Gasteiger partial charge in [0.05, 0.1) is 0 Å². The van der Waals surface area contributed by atoms with E-state index in [-0.39, 0.29) is 5.56 Å². The van der Waals surface area contributed by atoms with E-state index in [2.05, 4.69) is 12.6 Å². The summed E-state index contributed by atoms with van der Waals surface area (Å²) in [6.07, 6.45) is 3.37. The van der Waals surface area contributed by atoms with Gasteiger partial charge in [-0.05, 0) is 12.1 Å². The first-order valence-corrected chi connectivity index (χ1v) is 3.02. The molecule has 0 N–H and O–H groups in total. The Balaban J connectivity index is 3.03. The summed E-state index contributed by atoms with van der Waals surface area (Å²) in [7, 11) is 0. The van der Waals surface area contributed by atoms with Crippen LogP contribution in [0.1, 0.15) is 0 Å². The number of aromatic nitrogens is 1. The molecule has 0 saturated heterocycles. The summed E-state index contributed by atoms with van der Waals surface area (Å²) < 4.78 is 1.56. The third kappa shape index (κ3) is 1.35. The van der Waals surface area contributed by atoms with Crippen molar-refractivity contribution in [2.24, 2.45) is 0 Å². The Morgan fingerprint density at radius 2 is 2.60 bits per heavy atom. The Kier molecular flexibility index (Phi) is 2.05. The highest BCUT2D eigenvalue weighted by molar-refractivity contribution is 4.92. The van der Waals surface area contributed by atoms with Crippen molar-refractivity contribution in [2.45, 2.75) is 6.54 Å². The fraction of sp³-hybridized carbons (Fsp3) is 0.125. The molecule has 0 amide bonds. The third-order valence-corrected chi connectivity index (χ3v) is 1.17. The maximum atomic E-state index is 10.9. The second kappa shape index (κ2) is 3.01. The van der Waals surface area contributed by atoms with Crippen LogP contribution in [-0.2, 0) is 6.54 Å². The summed E-state index contributed by atoms with van der Waals surface area (Å²) >= 11 is 0. The molecule has 1 aromatic rings. The molecule has 2 heteroatoms. The molecule has 1 aromatic heterocycles. The van der Waals surface area contributed by atoms with Crippen LogP contribution in [0.4, 0.5) is 0 Å². The van der Waals surface area contributed by atoms with Crippen LogP contribution < -0.4 is 5.56 Å². The Bertz CT molecular complexity index is 275. The second-order valence-corrected chi connectivity index (χ2v) is 1.91. The molecule has 2 nitrogen and oxygen atoms in total. The number of rotatable bonds is 2. The summed E-state index contributed by atoms with van der Waals surface area (Å²) in [5, 5.41) is 0. The highest BCUT2D eigenvalue weighted by Crippen LogP contribution is 1.80. The highest BCUT2D eigenvalue weighted by Gasteiger charge is 1.86. The van der Waals surface area contributed by atoms with Gasteiger partial charge >= 0.3 is 0 Å². The van der Waals surface area contributed by atoms with Crippen LogP contribution >= 0.6 is 0 Å². The molecule has 0 saturated carbocycles. The lowest BCUT2D eigenvalue weighted by molar-refractivity contribution is 0.780. The van der Waals surface area contributed by atoms with Gasteiger partial charge in [-0.1, -0.05) is 6.08 Å². The molecule has 0 aliphatic heterocycles. The minimum absolute atomic E-state index is 0.0394. The molecular weight excluding hydrogens is 126 g/mol. The lowest BCUT2D eigenvalue weighted by Crippen LogP contribution is -2.16. The van der Waals surface area contributed by atoms with Gasteiger partial charge in [0.25, 0.3) is 5.56 Å². The summed E-state index contributed by atoms with van der Waals surface area (Å²) in [6.45, 7) is 4.09. The van der Waals surface area contributed by atoms with Gasteiger partial charge in [-0.15, -0.1) is 6.58 Å². The van der Waals surface area contributed by atoms with E-state index in [9.17, 15) is 4.79 Å². The van der Waals surface area contributed by atoms with E-state index in [1.807, 2.05) is 0 Å². The highest BCUT2D eigenvalue weighted by atomic mass is 16.1. The topological polar surface area (TPSA) is 22.0 Å².